The summed E-state index contributed by atoms with van der Waals surface area (Å²) < 4.78 is 25.9. The third-order valence-corrected chi connectivity index (χ3v) is 3.34. The average Bonchev–Trinajstić information content (AvgIpc) is 2.88. The van der Waals surface area contributed by atoms with Crippen LogP contribution in [0.1, 0.15) is 31.6 Å². The van der Waals surface area contributed by atoms with Gasteiger partial charge in [0.05, 0.1) is 6.54 Å². The van der Waals surface area contributed by atoms with Crippen LogP contribution in [0.4, 0.5) is 8.78 Å². The van der Waals surface area contributed by atoms with Gasteiger partial charge < -0.3 is 10.4 Å². The molecule has 1 saturated carbocycles. The minimum Gasteiger partial charge on any atom is -0.396 e. The zero-order valence-corrected chi connectivity index (χ0v) is 9.57. The molecule has 6 heteroatoms. The van der Waals surface area contributed by atoms with Crippen LogP contribution < -0.4 is 5.32 Å². The maximum atomic E-state index is 12.5. The van der Waals surface area contributed by atoms with Gasteiger partial charge in [0.25, 0.3) is 0 Å². The lowest BCUT2D eigenvalue weighted by atomic mass is 10.0. The molecule has 2 N–H and O–H groups in total. The van der Waals surface area contributed by atoms with Gasteiger partial charge in [-0.25, -0.2) is 4.98 Å². The van der Waals surface area contributed by atoms with Crippen molar-refractivity contribution in [2.24, 2.45) is 5.41 Å². The predicted octanol–water partition coefficient (Wildman–Crippen LogP) is 1.53. The van der Waals surface area contributed by atoms with E-state index in [-0.39, 0.29) is 12.0 Å². The number of hydrogen-bond donors (Lipinski definition) is 2. The lowest BCUT2D eigenvalue weighted by Crippen LogP contribution is -2.26. The van der Waals surface area contributed by atoms with Crippen LogP contribution in [0.3, 0.4) is 0 Å². The second-order valence-electron chi connectivity index (χ2n) is 4.61. The molecule has 0 aliphatic heterocycles. The van der Waals surface area contributed by atoms with E-state index in [0.29, 0.717) is 12.4 Å². The number of hydrogen-bond acceptors (Lipinski definition) is 3. The number of rotatable bonds is 7. The first-order chi connectivity index (χ1) is 8.17. The maximum Gasteiger partial charge on any atom is 0.319 e. The van der Waals surface area contributed by atoms with Crippen molar-refractivity contribution in [2.45, 2.75) is 32.4 Å². The molecular formula is C11H17F2N3O. The second kappa shape index (κ2) is 5.10. The second-order valence-corrected chi connectivity index (χ2v) is 4.61. The monoisotopic (exact) mass is 245 g/mol. The van der Waals surface area contributed by atoms with Crippen LogP contribution in [0.2, 0.25) is 0 Å². The van der Waals surface area contributed by atoms with Crippen molar-refractivity contribution in [1.82, 2.24) is 14.9 Å². The molecule has 1 aromatic heterocycles. The number of imidazole rings is 1. The van der Waals surface area contributed by atoms with E-state index in [1.54, 1.807) is 0 Å². The van der Waals surface area contributed by atoms with Crippen LogP contribution in [-0.2, 0) is 6.54 Å². The number of aromatic nitrogens is 2. The summed E-state index contributed by atoms with van der Waals surface area (Å²) in [4.78, 5) is 3.89. The highest BCUT2D eigenvalue weighted by Crippen LogP contribution is 2.47. The van der Waals surface area contributed by atoms with Crippen molar-refractivity contribution in [2.75, 3.05) is 13.2 Å². The summed E-state index contributed by atoms with van der Waals surface area (Å²) in [6.07, 6.45) is 5.64. The van der Waals surface area contributed by atoms with Crippen molar-refractivity contribution in [1.29, 1.82) is 0 Å². The number of aliphatic hydroxyl groups excluding tert-OH is 1. The molecule has 96 valence electrons. The molecule has 1 heterocycles. The number of nitrogens with zero attached hydrogens (tertiary/aromatic N) is 2. The highest BCUT2D eigenvalue weighted by molar-refractivity contribution is 4.97. The zero-order chi connectivity index (χ0) is 12.3. The highest BCUT2D eigenvalue weighted by Gasteiger charge is 2.41. The van der Waals surface area contributed by atoms with E-state index < -0.39 is 6.55 Å². The highest BCUT2D eigenvalue weighted by atomic mass is 19.3. The van der Waals surface area contributed by atoms with Gasteiger partial charge in [-0.15, -0.1) is 0 Å². The first kappa shape index (κ1) is 12.4. The van der Waals surface area contributed by atoms with Gasteiger partial charge in [-0.1, -0.05) is 0 Å². The quantitative estimate of drug-likeness (QED) is 0.766. The topological polar surface area (TPSA) is 50.1 Å². The summed E-state index contributed by atoms with van der Waals surface area (Å²) in [5.74, 6) is 0.347. The van der Waals surface area contributed by atoms with E-state index in [0.717, 1.165) is 30.4 Å². The number of alkyl halides is 2. The van der Waals surface area contributed by atoms with Crippen molar-refractivity contribution in [3.05, 3.63) is 18.2 Å². The lowest BCUT2D eigenvalue weighted by Gasteiger charge is -2.14. The van der Waals surface area contributed by atoms with Gasteiger partial charge in [0.2, 0.25) is 0 Å². The summed E-state index contributed by atoms with van der Waals surface area (Å²) in [5, 5.41) is 12.0. The van der Waals surface area contributed by atoms with Gasteiger partial charge in [-0.05, 0) is 24.7 Å². The van der Waals surface area contributed by atoms with Crippen LogP contribution in [0, 0.1) is 5.41 Å². The lowest BCUT2D eigenvalue weighted by molar-refractivity contribution is 0.0665. The summed E-state index contributed by atoms with van der Waals surface area (Å²) in [7, 11) is 0. The fourth-order valence-electron chi connectivity index (χ4n) is 2.03. The maximum absolute atomic E-state index is 12.5. The van der Waals surface area contributed by atoms with Crippen LogP contribution in [-0.4, -0.2) is 27.8 Å². The molecule has 0 atom stereocenters. The first-order valence-electron chi connectivity index (χ1n) is 5.78. The largest absolute Gasteiger partial charge is 0.396 e. The van der Waals surface area contributed by atoms with Crippen LogP contribution >= 0.6 is 0 Å². The van der Waals surface area contributed by atoms with Crippen LogP contribution in [0.15, 0.2) is 12.4 Å². The smallest absolute Gasteiger partial charge is 0.319 e. The molecule has 1 aliphatic carbocycles. The Balaban J connectivity index is 1.80. The predicted molar refractivity (Wildman–Crippen MR) is 58.6 cm³/mol. The minimum absolute atomic E-state index is 0.188. The Bertz CT molecular complexity index is 363. The van der Waals surface area contributed by atoms with E-state index in [2.05, 4.69) is 10.3 Å². The molecule has 1 aromatic rings. The Morgan fingerprint density at radius 3 is 2.88 bits per heavy atom. The molecule has 4 nitrogen and oxygen atoms in total. The normalized spacial score (nSPS) is 17.6. The number of halogens is 2. The molecule has 1 aliphatic rings. The molecule has 0 unspecified atom stereocenters. The van der Waals surface area contributed by atoms with Gasteiger partial charge in [0.15, 0.2) is 0 Å². The van der Waals surface area contributed by atoms with Crippen molar-refractivity contribution in [3.8, 4) is 0 Å². The van der Waals surface area contributed by atoms with Gasteiger partial charge >= 0.3 is 6.55 Å². The molecule has 1 fully saturated rings. The third-order valence-electron chi connectivity index (χ3n) is 3.34. The standard InChI is InChI=1S/C11H17F2N3O/c12-10(13)16-5-4-15-9(16)7-14-8-11(1-2-11)3-6-17/h4-5,10,14,17H,1-3,6-8H2. The van der Waals surface area contributed by atoms with Gasteiger partial charge in [0.1, 0.15) is 5.82 Å². The number of nitrogens with one attached hydrogen (secondary N) is 1. The Kier molecular flexibility index (Phi) is 3.73. The molecular weight excluding hydrogens is 228 g/mol. The summed E-state index contributed by atoms with van der Waals surface area (Å²) in [5.41, 5.74) is 0.191. The summed E-state index contributed by atoms with van der Waals surface area (Å²) in [6.45, 7) is -1.26. The van der Waals surface area contributed by atoms with Gasteiger partial charge in [-0.2, -0.15) is 8.78 Å². The zero-order valence-electron chi connectivity index (χ0n) is 9.57. The van der Waals surface area contributed by atoms with E-state index in [4.69, 9.17) is 5.11 Å². The Morgan fingerprint density at radius 1 is 1.53 bits per heavy atom. The molecule has 0 bridgehead atoms. The average molecular weight is 245 g/mol. The molecule has 0 radical (unpaired) electrons. The van der Waals surface area contributed by atoms with Crippen molar-refractivity contribution >= 4 is 0 Å². The van der Waals surface area contributed by atoms with Gasteiger partial charge in [-0.3, -0.25) is 4.57 Å². The van der Waals surface area contributed by atoms with E-state index >= 15 is 0 Å². The van der Waals surface area contributed by atoms with Crippen molar-refractivity contribution in [3.63, 3.8) is 0 Å². The molecule has 0 saturated heterocycles. The molecule has 17 heavy (non-hydrogen) atoms. The Hall–Kier alpha value is -1.01. The van der Waals surface area contributed by atoms with Crippen LogP contribution in [0.25, 0.3) is 0 Å². The number of aliphatic hydroxyl groups is 1. The fraction of sp³-hybridized carbons (Fsp3) is 0.727. The Morgan fingerprint density at radius 2 is 2.29 bits per heavy atom. The Labute approximate surface area is 98.7 Å². The van der Waals surface area contributed by atoms with E-state index in [1.165, 1.54) is 12.4 Å². The molecule has 0 spiro atoms. The molecule has 0 amide bonds. The summed E-state index contributed by atoms with van der Waals surface area (Å²) >= 11 is 0. The van der Waals surface area contributed by atoms with E-state index in [1.807, 2.05) is 0 Å². The van der Waals surface area contributed by atoms with E-state index in [9.17, 15) is 8.78 Å². The third kappa shape index (κ3) is 3.01. The van der Waals surface area contributed by atoms with Crippen LogP contribution in [0.5, 0.6) is 0 Å². The van der Waals surface area contributed by atoms with Gasteiger partial charge in [0, 0.05) is 25.5 Å². The first-order valence-corrected chi connectivity index (χ1v) is 5.78. The van der Waals surface area contributed by atoms with Crippen molar-refractivity contribution < 1.29 is 13.9 Å². The molecule has 2 rings (SSSR count). The fourth-order valence-corrected chi connectivity index (χ4v) is 2.03. The SMILES string of the molecule is OCCC1(CNCc2nccn2C(F)F)CC1. The minimum atomic E-state index is -2.54. The molecule has 0 aromatic carbocycles. The summed E-state index contributed by atoms with van der Waals surface area (Å²) in [6, 6.07) is 0.